The van der Waals surface area contributed by atoms with Crippen molar-refractivity contribution in [2.45, 2.75) is 0 Å². The van der Waals surface area contributed by atoms with Gasteiger partial charge in [0.05, 0.1) is 9.40 Å². The molecule has 0 saturated heterocycles. The van der Waals surface area contributed by atoms with E-state index in [1.807, 2.05) is 0 Å². The predicted molar refractivity (Wildman–Crippen MR) is 77.8 cm³/mol. The number of ether oxygens (including phenoxy) is 1. The zero-order valence-electron chi connectivity index (χ0n) is 9.14. The second kappa shape index (κ2) is 5.85. The molecular formula is C11H5Br2ClN2O3. The molecule has 2 aromatic rings. The number of hydrogen-bond acceptors (Lipinski definition) is 4. The van der Waals surface area contributed by atoms with Crippen molar-refractivity contribution in [2.24, 2.45) is 0 Å². The highest BCUT2D eigenvalue weighted by Crippen LogP contribution is 2.35. The summed E-state index contributed by atoms with van der Waals surface area (Å²) in [6.45, 7) is 0. The Balaban J connectivity index is 2.40. The van der Waals surface area contributed by atoms with Gasteiger partial charge in [-0.2, -0.15) is 0 Å². The Morgan fingerprint density at radius 2 is 2.05 bits per heavy atom. The molecule has 1 heterocycles. The van der Waals surface area contributed by atoms with Crippen molar-refractivity contribution in [3.63, 3.8) is 0 Å². The Hall–Kier alpha value is -1.18. The predicted octanol–water partition coefficient (Wildman–Crippen LogP) is 4.96. The van der Waals surface area contributed by atoms with Crippen LogP contribution in [0.15, 0.2) is 39.4 Å². The fraction of sp³-hybridized carbons (Fsp3) is 0. The van der Waals surface area contributed by atoms with Crippen molar-refractivity contribution in [1.82, 2.24) is 4.98 Å². The van der Waals surface area contributed by atoms with Crippen LogP contribution in [0.4, 0.5) is 5.69 Å². The maximum absolute atomic E-state index is 10.9. The second-order valence-corrected chi connectivity index (χ2v) is 5.62. The van der Waals surface area contributed by atoms with Crippen molar-refractivity contribution in [1.29, 1.82) is 0 Å². The van der Waals surface area contributed by atoms with E-state index in [4.69, 9.17) is 16.3 Å². The fourth-order valence-electron chi connectivity index (χ4n) is 1.29. The van der Waals surface area contributed by atoms with Gasteiger partial charge in [-0.1, -0.05) is 11.6 Å². The van der Waals surface area contributed by atoms with E-state index in [1.54, 1.807) is 18.2 Å². The molecule has 8 heteroatoms. The second-order valence-electron chi connectivity index (χ2n) is 3.41. The number of nitro groups is 1. The van der Waals surface area contributed by atoms with E-state index < -0.39 is 4.92 Å². The van der Waals surface area contributed by atoms with Gasteiger partial charge < -0.3 is 4.74 Å². The van der Waals surface area contributed by atoms with Crippen LogP contribution < -0.4 is 4.74 Å². The highest BCUT2D eigenvalue weighted by atomic mass is 79.9. The molecule has 0 N–H and O–H groups in total. The highest BCUT2D eigenvalue weighted by molar-refractivity contribution is 9.10. The van der Waals surface area contributed by atoms with Crippen molar-refractivity contribution in [3.05, 3.63) is 54.5 Å². The van der Waals surface area contributed by atoms with Crippen molar-refractivity contribution >= 4 is 49.1 Å². The molecule has 0 fully saturated rings. The van der Waals surface area contributed by atoms with E-state index in [0.717, 1.165) is 0 Å². The van der Waals surface area contributed by atoms with Crippen LogP contribution in [0, 0.1) is 10.1 Å². The maximum Gasteiger partial charge on any atom is 0.332 e. The first kappa shape index (κ1) is 14.2. The first-order chi connectivity index (χ1) is 8.97. The lowest BCUT2D eigenvalue weighted by Crippen LogP contribution is -1.96. The van der Waals surface area contributed by atoms with Crippen molar-refractivity contribution in [3.8, 4) is 11.6 Å². The molecule has 0 atom stereocenters. The highest BCUT2D eigenvalue weighted by Gasteiger charge is 2.19. The third-order valence-electron chi connectivity index (χ3n) is 2.10. The summed E-state index contributed by atoms with van der Waals surface area (Å²) in [5.74, 6) is 0.304. The number of hydrogen-bond donors (Lipinski definition) is 0. The molecule has 0 spiro atoms. The minimum Gasteiger partial charge on any atom is -0.432 e. The molecule has 0 saturated carbocycles. The molecule has 19 heavy (non-hydrogen) atoms. The Labute approximate surface area is 130 Å². The topological polar surface area (TPSA) is 65.3 Å². The molecule has 5 nitrogen and oxygen atoms in total. The first-order valence-electron chi connectivity index (χ1n) is 4.90. The number of nitrogens with zero attached hydrogens (tertiary/aromatic N) is 2. The van der Waals surface area contributed by atoms with Crippen LogP contribution in [0.1, 0.15) is 0 Å². The lowest BCUT2D eigenvalue weighted by atomic mass is 10.3. The first-order valence-corrected chi connectivity index (χ1v) is 6.86. The average Bonchev–Trinajstić information content (AvgIpc) is 2.34. The van der Waals surface area contributed by atoms with Crippen LogP contribution in [0.5, 0.6) is 11.6 Å². The summed E-state index contributed by atoms with van der Waals surface area (Å²) in [4.78, 5) is 14.3. The smallest absolute Gasteiger partial charge is 0.332 e. The Kier molecular flexibility index (Phi) is 4.38. The van der Waals surface area contributed by atoms with Gasteiger partial charge in [0.1, 0.15) is 5.75 Å². The summed E-state index contributed by atoms with van der Waals surface area (Å²) in [6.07, 6.45) is 1.42. The summed E-state index contributed by atoms with van der Waals surface area (Å²) in [5.41, 5.74) is -0.226. The molecule has 0 radical (unpaired) electrons. The Bertz CT molecular complexity index is 652. The number of rotatable bonds is 3. The van der Waals surface area contributed by atoms with Gasteiger partial charge in [0.15, 0.2) is 0 Å². The minimum absolute atomic E-state index is 0.0868. The van der Waals surface area contributed by atoms with Gasteiger partial charge in [0, 0.05) is 21.8 Å². The van der Waals surface area contributed by atoms with Crippen LogP contribution in [0.25, 0.3) is 0 Å². The molecule has 0 amide bonds. The van der Waals surface area contributed by atoms with Crippen LogP contribution in [0.3, 0.4) is 0 Å². The van der Waals surface area contributed by atoms with Crippen LogP contribution >= 0.6 is 43.5 Å². The summed E-state index contributed by atoms with van der Waals surface area (Å²) in [5, 5.41) is 11.5. The van der Waals surface area contributed by atoms with E-state index in [-0.39, 0.29) is 11.6 Å². The fourth-order valence-corrected chi connectivity index (χ4v) is 2.37. The standard InChI is InChI=1S/C11H5Br2ClN2O3/c12-6-3-9(16(17)18)11(15-5-6)19-10-2-1-7(14)4-8(10)13/h1-5H. The number of aromatic nitrogens is 1. The van der Waals surface area contributed by atoms with Crippen LogP contribution in [-0.4, -0.2) is 9.91 Å². The third kappa shape index (κ3) is 3.43. The third-order valence-corrected chi connectivity index (χ3v) is 3.38. The van der Waals surface area contributed by atoms with Gasteiger partial charge >= 0.3 is 5.69 Å². The maximum atomic E-state index is 10.9. The molecule has 98 valence electrons. The molecule has 0 unspecified atom stereocenters. The van der Waals surface area contributed by atoms with E-state index in [2.05, 4.69) is 36.8 Å². The average molecular weight is 408 g/mol. The minimum atomic E-state index is -0.559. The van der Waals surface area contributed by atoms with E-state index in [9.17, 15) is 10.1 Å². The quantitative estimate of drug-likeness (QED) is 0.532. The summed E-state index contributed by atoms with van der Waals surface area (Å²) >= 11 is 12.2. The molecule has 0 bridgehead atoms. The molecule has 1 aromatic heterocycles. The van der Waals surface area contributed by atoms with Gasteiger partial charge in [-0.05, 0) is 50.1 Å². The zero-order chi connectivity index (χ0) is 14.0. The largest absolute Gasteiger partial charge is 0.432 e. The van der Waals surface area contributed by atoms with Gasteiger partial charge in [-0.25, -0.2) is 4.98 Å². The monoisotopic (exact) mass is 406 g/mol. The SMILES string of the molecule is O=[N+]([O-])c1cc(Br)cnc1Oc1ccc(Cl)cc1Br. The van der Waals surface area contributed by atoms with E-state index in [0.29, 0.717) is 19.7 Å². The molecule has 1 aromatic carbocycles. The lowest BCUT2D eigenvalue weighted by molar-refractivity contribution is -0.386. The van der Waals surface area contributed by atoms with Gasteiger partial charge in [0.25, 0.3) is 5.88 Å². The summed E-state index contributed by atoms with van der Waals surface area (Å²) < 4.78 is 6.52. The number of pyridine rings is 1. The normalized spacial score (nSPS) is 10.3. The van der Waals surface area contributed by atoms with Gasteiger partial charge in [0.2, 0.25) is 0 Å². The molecular weight excluding hydrogens is 403 g/mol. The van der Waals surface area contributed by atoms with E-state index in [1.165, 1.54) is 12.3 Å². The van der Waals surface area contributed by atoms with Crippen LogP contribution in [0.2, 0.25) is 5.02 Å². The van der Waals surface area contributed by atoms with Crippen molar-refractivity contribution < 1.29 is 9.66 Å². The van der Waals surface area contributed by atoms with Crippen molar-refractivity contribution in [2.75, 3.05) is 0 Å². The molecule has 0 aliphatic carbocycles. The van der Waals surface area contributed by atoms with Crippen LogP contribution in [-0.2, 0) is 0 Å². The van der Waals surface area contributed by atoms with E-state index >= 15 is 0 Å². The zero-order valence-corrected chi connectivity index (χ0v) is 13.1. The molecule has 2 rings (SSSR count). The number of halogens is 3. The van der Waals surface area contributed by atoms with Gasteiger partial charge in [-0.3, -0.25) is 10.1 Å². The Morgan fingerprint density at radius 3 is 2.68 bits per heavy atom. The Morgan fingerprint density at radius 1 is 1.32 bits per heavy atom. The van der Waals surface area contributed by atoms with Gasteiger partial charge in [-0.15, -0.1) is 0 Å². The lowest BCUT2D eigenvalue weighted by Gasteiger charge is -2.07. The number of benzene rings is 1. The summed E-state index contributed by atoms with van der Waals surface area (Å²) in [7, 11) is 0. The molecule has 0 aliphatic rings. The molecule has 0 aliphatic heterocycles. The summed E-state index contributed by atoms with van der Waals surface area (Å²) in [6, 6.07) is 6.17.